The van der Waals surface area contributed by atoms with Crippen LogP contribution in [0.3, 0.4) is 0 Å². The fourth-order valence-electron chi connectivity index (χ4n) is 8.82. The maximum atomic E-state index is 11.1. The van der Waals surface area contributed by atoms with Crippen molar-refractivity contribution in [3.05, 3.63) is 0 Å². The molecule has 188 valence electrons. The quantitative estimate of drug-likeness (QED) is 0.377. The molecule has 0 unspecified atom stereocenters. The number of hydrogen-bond acceptors (Lipinski definition) is 2. The van der Waals surface area contributed by atoms with E-state index < -0.39 is 5.60 Å². The van der Waals surface area contributed by atoms with Gasteiger partial charge in [-0.15, -0.1) is 0 Å². The summed E-state index contributed by atoms with van der Waals surface area (Å²) in [6.45, 7) is 16.6. The van der Waals surface area contributed by atoms with Crippen LogP contribution in [0.15, 0.2) is 0 Å². The van der Waals surface area contributed by atoms with Gasteiger partial charge in [-0.1, -0.05) is 54.9 Å². The summed E-state index contributed by atoms with van der Waals surface area (Å²) >= 11 is 0. The highest BCUT2D eigenvalue weighted by molar-refractivity contribution is 5.05. The van der Waals surface area contributed by atoms with E-state index in [0.717, 1.165) is 55.8 Å². The average Bonchev–Trinajstić information content (AvgIpc) is 3.14. The van der Waals surface area contributed by atoms with Crippen molar-refractivity contribution in [2.45, 2.75) is 137 Å². The molecular formula is C30H56O2. The molecule has 0 saturated heterocycles. The fraction of sp³-hybridized carbons (Fsp3) is 1.00. The Morgan fingerprint density at radius 1 is 0.938 bits per heavy atom. The van der Waals surface area contributed by atoms with E-state index in [1.54, 1.807) is 0 Å². The van der Waals surface area contributed by atoms with Crippen LogP contribution in [0.25, 0.3) is 0 Å². The monoisotopic (exact) mass is 448 g/mol. The summed E-state index contributed by atoms with van der Waals surface area (Å²) in [6, 6.07) is 0. The molecule has 2 nitrogen and oxygen atoms in total. The molecule has 3 saturated carbocycles. The number of rotatable bonds is 9. The Bertz CT molecular complexity index is 587. The Hall–Kier alpha value is -0.0800. The minimum atomic E-state index is -0.402. The normalized spacial score (nSPS) is 44.4. The molecule has 2 heteroatoms. The van der Waals surface area contributed by atoms with E-state index in [4.69, 9.17) is 0 Å². The van der Waals surface area contributed by atoms with Crippen molar-refractivity contribution < 1.29 is 10.2 Å². The molecule has 2 N–H and O–H groups in total. The Balaban J connectivity index is 1.72. The smallest absolute Gasteiger partial charge is 0.0648 e. The molecule has 3 aliphatic rings. The molecule has 0 radical (unpaired) electrons. The van der Waals surface area contributed by atoms with Gasteiger partial charge in [0.05, 0.1) is 11.7 Å². The molecule has 0 spiro atoms. The minimum Gasteiger partial charge on any atom is -0.393 e. The van der Waals surface area contributed by atoms with Crippen molar-refractivity contribution in [2.75, 3.05) is 0 Å². The van der Waals surface area contributed by atoms with E-state index in [-0.39, 0.29) is 6.10 Å². The van der Waals surface area contributed by atoms with Crippen LogP contribution in [0.1, 0.15) is 126 Å². The van der Waals surface area contributed by atoms with Crippen LogP contribution < -0.4 is 0 Å². The second kappa shape index (κ2) is 10.7. The van der Waals surface area contributed by atoms with Gasteiger partial charge >= 0.3 is 0 Å². The third kappa shape index (κ3) is 5.27. The van der Waals surface area contributed by atoms with Gasteiger partial charge < -0.3 is 10.2 Å². The number of hydrogen-bond donors (Lipinski definition) is 2. The Morgan fingerprint density at radius 2 is 1.62 bits per heavy atom. The lowest BCUT2D eigenvalue weighted by Gasteiger charge is -2.58. The second-order valence-electron chi connectivity index (χ2n) is 13.3. The van der Waals surface area contributed by atoms with E-state index in [1.807, 2.05) is 0 Å². The van der Waals surface area contributed by atoms with E-state index in [0.29, 0.717) is 29.1 Å². The highest BCUT2D eigenvalue weighted by atomic mass is 16.3. The molecule has 0 amide bonds. The van der Waals surface area contributed by atoms with Crippen LogP contribution in [0.2, 0.25) is 0 Å². The SMILES string of the molecule is CCC[C@H]1[C@H]([C@@H]2CC[C@H]([C@H](C)[C@@H](O)CCC(C)C)[C@@H]2C)CC[C@@H]2C[C@](O)(CC)CC[C@@]21C. The summed E-state index contributed by atoms with van der Waals surface area (Å²) in [4.78, 5) is 0. The van der Waals surface area contributed by atoms with Gasteiger partial charge in [0.1, 0.15) is 0 Å². The van der Waals surface area contributed by atoms with Crippen LogP contribution in [0.4, 0.5) is 0 Å². The van der Waals surface area contributed by atoms with Crippen molar-refractivity contribution in [2.24, 2.45) is 52.8 Å². The van der Waals surface area contributed by atoms with Gasteiger partial charge in [0.25, 0.3) is 0 Å². The van der Waals surface area contributed by atoms with Gasteiger partial charge in [0.2, 0.25) is 0 Å². The van der Waals surface area contributed by atoms with Crippen molar-refractivity contribution in [1.82, 2.24) is 0 Å². The first kappa shape index (κ1) is 26.5. The average molecular weight is 449 g/mol. The molecule has 0 aromatic rings. The highest BCUT2D eigenvalue weighted by Gasteiger charge is 2.55. The predicted octanol–water partition coefficient (Wildman–Crippen LogP) is 7.86. The second-order valence-corrected chi connectivity index (χ2v) is 13.3. The first-order valence-corrected chi connectivity index (χ1v) is 14.5. The van der Waals surface area contributed by atoms with Gasteiger partial charge in [0.15, 0.2) is 0 Å². The van der Waals surface area contributed by atoms with E-state index in [9.17, 15) is 10.2 Å². The number of fused-ring (bicyclic) bond motifs is 1. The van der Waals surface area contributed by atoms with Crippen LogP contribution in [0.5, 0.6) is 0 Å². The third-order valence-corrected chi connectivity index (χ3v) is 11.2. The lowest BCUT2D eigenvalue weighted by Crippen LogP contribution is -2.52. The minimum absolute atomic E-state index is 0.131. The first-order valence-electron chi connectivity index (χ1n) is 14.5. The van der Waals surface area contributed by atoms with Crippen LogP contribution in [-0.2, 0) is 0 Å². The Morgan fingerprint density at radius 3 is 2.25 bits per heavy atom. The zero-order valence-corrected chi connectivity index (χ0v) is 22.6. The van der Waals surface area contributed by atoms with E-state index in [2.05, 4.69) is 48.5 Å². The molecule has 10 atom stereocenters. The third-order valence-electron chi connectivity index (χ3n) is 11.2. The summed E-state index contributed by atoms with van der Waals surface area (Å²) < 4.78 is 0. The zero-order chi connectivity index (χ0) is 23.7. The van der Waals surface area contributed by atoms with E-state index in [1.165, 1.54) is 44.9 Å². The Labute approximate surface area is 200 Å². The van der Waals surface area contributed by atoms with E-state index >= 15 is 0 Å². The summed E-state index contributed by atoms with van der Waals surface area (Å²) in [5.41, 5.74) is 0.0155. The summed E-state index contributed by atoms with van der Waals surface area (Å²) in [5, 5.41) is 22.0. The van der Waals surface area contributed by atoms with Gasteiger partial charge in [-0.3, -0.25) is 0 Å². The number of aliphatic hydroxyl groups excluding tert-OH is 1. The Kier molecular flexibility index (Phi) is 8.85. The van der Waals surface area contributed by atoms with Crippen LogP contribution in [0, 0.1) is 52.8 Å². The van der Waals surface area contributed by atoms with Gasteiger partial charge in [-0.05, 0) is 123 Å². The molecule has 32 heavy (non-hydrogen) atoms. The number of aliphatic hydroxyl groups is 2. The van der Waals surface area contributed by atoms with Crippen molar-refractivity contribution in [1.29, 1.82) is 0 Å². The molecule has 0 aromatic carbocycles. The topological polar surface area (TPSA) is 40.5 Å². The van der Waals surface area contributed by atoms with Crippen molar-refractivity contribution >= 4 is 0 Å². The molecule has 0 bridgehead atoms. The molecule has 0 aliphatic heterocycles. The molecule has 0 heterocycles. The van der Waals surface area contributed by atoms with Crippen LogP contribution >= 0.6 is 0 Å². The summed E-state index contributed by atoms with van der Waals surface area (Å²) in [6.07, 6.45) is 14.2. The standard InChI is InChI=1S/C30H56O2/c1-8-10-27-26(13-12-23-19-30(32,9-2)18-17-29(23,27)7)25-15-14-24(21(25)5)22(6)28(31)16-11-20(3)4/h20-28,31-32H,8-19H2,1-7H3/t21-,22-,23+,24-,25+,26-,27-,28-,29-,30-/m0/s1. The lowest BCUT2D eigenvalue weighted by atomic mass is 9.47. The fourth-order valence-corrected chi connectivity index (χ4v) is 8.82. The zero-order valence-electron chi connectivity index (χ0n) is 22.6. The van der Waals surface area contributed by atoms with Crippen molar-refractivity contribution in [3.63, 3.8) is 0 Å². The predicted molar refractivity (Wildman–Crippen MR) is 136 cm³/mol. The molecule has 3 fully saturated rings. The first-order chi connectivity index (χ1) is 15.1. The van der Waals surface area contributed by atoms with Crippen molar-refractivity contribution in [3.8, 4) is 0 Å². The maximum absolute atomic E-state index is 11.1. The van der Waals surface area contributed by atoms with Gasteiger partial charge in [-0.25, -0.2) is 0 Å². The molecule has 3 aliphatic carbocycles. The van der Waals surface area contributed by atoms with Crippen LogP contribution in [-0.4, -0.2) is 21.9 Å². The molecular weight excluding hydrogens is 392 g/mol. The summed E-state index contributed by atoms with van der Waals surface area (Å²) in [5.74, 6) is 5.74. The molecule has 3 rings (SSSR count). The molecule has 0 aromatic heterocycles. The van der Waals surface area contributed by atoms with Gasteiger partial charge in [0, 0.05) is 0 Å². The summed E-state index contributed by atoms with van der Waals surface area (Å²) in [7, 11) is 0. The lowest BCUT2D eigenvalue weighted by molar-refractivity contribution is -0.129. The van der Waals surface area contributed by atoms with Gasteiger partial charge in [-0.2, -0.15) is 0 Å². The highest BCUT2D eigenvalue weighted by Crippen LogP contribution is 2.62. The largest absolute Gasteiger partial charge is 0.393 e. The maximum Gasteiger partial charge on any atom is 0.0648 e.